The van der Waals surface area contributed by atoms with Crippen LogP contribution in [0.25, 0.3) is 5.57 Å². The molecule has 7 nitrogen and oxygen atoms in total. The third kappa shape index (κ3) is 6.03. The molecule has 1 aliphatic rings. The van der Waals surface area contributed by atoms with E-state index in [1.807, 2.05) is 13.0 Å². The van der Waals surface area contributed by atoms with Crippen molar-refractivity contribution >= 4 is 53.1 Å². The first-order valence-electron chi connectivity index (χ1n) is 9.37. The van der Waals surface area contributed by atoms with E-state index in [1.165, 1.54) is 26.4 Å². The molecule has 3 rings (SSSR count). The number of rotatable bonds is 6. The summed E-state index contributed by atoms with van der Waals surface area (Å²) in [4.78, 5) is 17.2. The van der Waals surface area contributed by atoms with E-state index in [0.29, 0.717) is 27.3 Å². The van der Waals surface area contributed by atoms with Crippen LogP contribution < -0.4 is 15.2 Å². The molecule has 0 atom stereocenters. The Morgan fingerprint density at radius 2 is 2.06 bits per heavy atom. The third-order valence-electron chi connectivity index (χ3n) is 4.19. The quantitative estimate of drug-likeness (QED) is 0.451. The zero-order chi connectivity index (χ0) is 23.7. The average Bonchev–Trinajstić information content (AvgIpc) is 2.81. The number of anilines is 1. The minimum Gasteiger partial charge on any atom is -0.480 e. The summed E-state index contributed by atoms with van der Waals surface area (Å²) >= 11 is 7.17. The fourth-order valence-electron chi connectivity index (χ4n) is 2.79. The minimum atomic E-state index is -0.398. The molecule has 0 saturated carbocycles. The van der Waals surface area contributed by atoms with Gasteiger partial charge in [0.15, 0.2) is 5.84 Å². The maximum Gasteiger partial charge on any atom is 0.228 e. The lowest BCUT2D eigenvalue weighted by molar-refractivity contribution is 0.387. The molecule has 2 aromatic rings. The van der Waals surface area contributed by atoms with E-state index in [1.54, 1.807) is 31.4 Å². The molecule has 2 heterocycles. The first-order valence-corrected chi connectivity index (χ1v) is 10.6. The van der Waals surface area contributed by atoms with Crippen molar-refractivity contribution in [1.82, 2.24) is 4.98 Å². The molecular weight excluding hydrogens is 451 g/mol. The molecule has 32 heavy (non-hydrogen) atoms. The summed E-state index contributed by atoms with van der Waals surface area (Å²) < 4.78 is 22.7. The number of aliphatic imine (C=N–C) groups is 3. The fourth-order valence-corrected chi connectivity index (χ4v) is 3.80. The maximum atomic E-state index is 14.5. The number of amidine groups is 1. The second kappa shape index (κ2) is 12.1. The lowest BCUT2D eigenvalue weighted by Gasteiger charge is -2.17. The molecule has 0 aliphatic carbocycles. The molecule has 0 amide bonds. The summed E-state index contributed by atoms with van der Waals surface area (Å²) in [6, 6.07) is 6.51. The number of aromatic nitrogens is 1. The van der Waals surface area contributed by atoms with Crippen LogP contribution in [0.5, 0.6) is 5.88 Å². The van der Waals surface area contributed by atoms with Gasteiger partial charge in [0.1, 0.15) is 5.82 Å². The monoisotopic (exact) mass is 474 g/mol. The number of pyridine rings is 1. The SMILES string of the molecule is C=N/C=C1/C=C(c2ccc(F)c(NSc3cc(Cl)cnc3OC)c2)C(C)=NC1=NC.CN. The molecule has 1 aromatic carbocycles. The largest absolute Gasteiger partial charge is 0.480 e. The number of benzene rings is 1. The van der Waals surface area contributed by atoms with Crippen molar-refractivity contribution in [2.45, 2.75) is 11.8 Å². The highest BCUT2D eigenvalue weighted by atomic mass is 35.5. The molecule has 0 bridgehead atoms. The Morgan fingerprint density at radius 1 is 1.31 bits per heavy atom. The van der Waals surface area contributed by atoms with Gasteiger partial charge in [0.25, 0.3) is 0 Å². The topological polar surface area (TPSA) is 97.2 Å². The summed E-state index contributed by atoms with van der Waals surface area (Å²) in [7, 11) is 4.67. The van der Waals surface area contributed by atoms with Gasteiger partial charge in [0, 0.05) is 36.3 Å². The highest BCUT2D eigenvalue weighted by molar-refractivity contribution is 8.00. The molecule has 1 aliphatic heterocycles. The van der Waals surface area contributed by atoms with Gasteiger partial charge >= 0.3 is 0 Å². The van der Waals surface area contributed by atoms with Gasteiger partial charge in [0.05, 0.1) is 22.7 Å². The van der Waals surface area contributed by atoms with Gasteiger partial charge < -0.3 is 15.2 Å². The molecular formula is C22H24ClFN6OS. The number of ether oxygens (including phenoxy) is 1. The molecule has 1 aromatic heterocycles. The van der Waals surface area contributed by atoms with Crippen LogP contribution >= 0.6 is 23.5 Å². The van der Waals surface area contributed by atoms with Crippen molar-refractivity contribution in [1.29, 1.82) is 0 Å². The average molecular weight is 475 g/mol. The molecule has 0 radical (unpaired) electrons. The number of allylic oxidation sites excluding steroid dienone is 1. The van der Waals surface area contributed by atoms with Gasteiger partial charge in [0.2, 0.25) is 5.88 Å². The zero-order valence-electron chi connectivity index (χ0n) is 18.2. The third-order valence-corrected chi connectivity index (χ3v) is 5.23. The highest BCUT2D eigenvalue weighted by Crippen LogP contribution is 2.33. The number of hydrogen-bond donors (Lipinski definition) is 2. The molecule has 0 saturated heterocycles. The predicted octanol–water partition coefficient (Wildman–Crippen LogP) is 5.05. The van der Waals surface area contributed by atoms with Crippen LogP contribution in [0.2, 0.25) is 5.02 Å². The number of halogens is 2. The molecule has 10 heteroatoms. The summed E-state index contributed by atoms with van der Waals surface area (Å²) in [6.45, 7) is 5.37. The van der Waals surface area contributed by atoms with Crippen molar-refractivity contribution in [3.05, 3.63) is 64.7 Å². The van der Waals surface area contributed by atoms with E-state index >= 15 is 0 Å². The Bertz CT molecular complexity index is 1110. The number of nitrogens with one attached hydrogen (secondary N) is 1. The number of nitrogens with two attached hydrogens (primary N) is 1. The highest BCUT2D eigenvalue weighted by Gasteiger charge is 2.17. The first-order chi connectivity index (χ1) is 15.5. The van der Waals surface area contributed by atoms with E-state index in [9.17, 15) is 4.39 Å². The summed E-state index contributed by atoms with van der Waals surface area (Å²) in [5.74, 6) is 0.565. The van der Waals surface area contributed by atoms with Crippen molar-refractivity contribution in [2.75, 3.05) is 25.9 Å². The van der Waals surface area contributed by atoms with Gasteiger partial charge in [-0.05, 0) is 62.5 Å². The fraction of sp³-hybridized carbons (Fsp3) is 0.182. The molecule has 168 valence electrons. The van der Waals surface area contributed by atoms with E-state index in [2.05, 4.69) is 37.1 Å². The molecule has 3 N–H and O–H groups in total. The Balaban J connectivity index is 0.00000176. The van der Waals surface area contributed by atoms with Crippen molar-refractivity contribution in [3.63, 3.8) is 0 Å². The zero-order valence-corrected chi connectivity index (χ0v) is 19.8. The van der Waals surface area contributed by atoms with Crippen LogP contribution in [-0.4, -0.2) is 44.5 Å². The van der Waals surface area contributed by atoms with Crippen LogP contribution in [0.4, 0.5) is 10.1 Å². The number of hydrogen-bond acceptors (Lipinski definition) is 7. The van der Waals surface area contributed by atoms with Gasteiger partial charge in [-0.2, -0.15) is 0 Å². The normalized spacial score (nSPS) is 15.5. The first kappa shape index (κ1) is 25.3. The van der Waals surface area contributed by atoms with Gasteiger partial charge in [-0.15, -0.1) is 0 Å². The second-order valence-corrected chi connectivity index (χ2v) is 7.41. The Labute approximate surface area is 196 Å². The molecule has 0 unspecified atom stereocenters. The van der Waals surface area contributed by atoms with Crippen molar-refractivity contribution < 1.29 is 9.13 Å². The van der Waals surface area contributed by atoms with Crippen LogP contribution in [-0.2, 0) is 0 Å². The van der Waals surface area contributed by atoms with E-state index in [-0.39, 0.29) is 0 Å². The number of methoxy groups -OCH3 is 1. The Morgan fingerprint density at radius 3 is 2.72 bits per heavy atom. The minimum absolute atomic E-state index is 0.301. The van der Waals surface area contributed by atoms with Gasteiger partial charge in [-0.3, -0.25) is 9.98 Å². The Kier molecular flexibility index (Phi) is 9.58. The van der Waals surface area contributed by atoms with Crippen LogP contribution in [0.1, 0.15) is 12.5 Å². The van der Waals surface area contributed by atoms with Crippen LogP contribution in [0, 0.1) is 5.82 Å². The number of nitrogens with zero attached hydrogens (tertiary/aromatic N) is 4. The maximum absolute atomic E-state index is 14.5. The second-order valence-electron chi connectivity index (χ2n) is 6.13. The lowest BCUT2D eigenvalue weighted by Crippen LogP contribution is -2.11. The van der Waals surface area contributed by atoms with Crippen LogP contribution in [0.15, 0.2) is 68.2 Å². The standard InChI is InChI=1S/C21H19ClFN5OS.CH5N/c1-12-16(7-14(10-24-2)20(25-3)27-12)13-5-6-17(23)18(8-13)28-30-19-9-15(22)11-26-21(19)29-4;1-2/h5-11,28H,2H2,1,3-4H3;2H2,1H3/b14-10-,25-20?;. The van der Waals surface area contributed by atoms with Gasteiger partial charge in [-0.25, -0.2) is 14.4 Å². The van der Waals surface area contributed by atoms with E-state index < -0.39 is 5.82 Å². The lowest BCUT2D eigenvalue weighted by atomic mass is 9.96. The summed E-state index contributed by atoms with van der Waals surface area (Å²) in [6.07, 6.45) is 4.99. The van der Waals surface area contributed by atoms with E-state index in [0.717, 1.165) is 34.4 Å². The molecule has 0 fully saturated rings. The Hall–Kier alpha value is -3.01. The predicted molar refractivity (Wildman–Crippen MR) is 134 cm³/mol. The molecule has 0 spiro atoms. The van der Waals surface area contributed by atoms with Crippen molar-refractivity contribution in [3.8, 4) is 5.88 Å². The van der Waals surface area contributed by atoms with Crippen LogP contribution in [0.3, 0.4) is 0 Å². The van der Waals surface area contributed by atoms with Gasteiger partial charge in [-0.1, -0.05) is 17.7 Å². The number of dihydropyridines is 1. The summed E-state index contributed by atoms with van der Waals surface area (Å²) in [5, 5.41) is 0.456. The summed E-state index contributed by atoms with van der Waals surface area (Å²) in [5.41, 5.74) is 7.93. The smallest absolute Gasteiger partial charge is 0.228 e. The van der Waals surface area contributed by atoms with Crippen molar-refractivity contribution in [2.24, 2.45) is 20.7 Å². The van der Waals surface area contributed by atoms with E-state index in [4.69, 9.17) is 16.3 Å².